The first-order valence-electron chi connectivity index (χ1n) is 15.5. The first kappa shape index (κ1) is 24.7. The molecule has 4 saturated heterocycles. The number of carbonyl (C=O) groups is 1. The Morgan fingerprint density at radius 2 is 1.75 bits per heavy atom. The molecule has 1 aromatic carbocycles. The number of benzene rings is 1. The summed E-state index contributed by atoms with van der Waals surface area (Å²) in [4.78, 5) is 31.3. The number of amides is 1. The predicted molar refractivity (Wildman–Crippen MR) is 152 cm³/mol. The highest BCUT2D eigenvalue weighted by atomic mass is 16.5. The number of rotatable bonds is 5. The summed E-state index contributed by atoms with van der Waals surface area (Å²) in [6.07, 6.45) is 10.4. The van der Waals surface area contributed by atoms with Crippen LogP contribution in [0.15, 0.2) is 18.2 Å². The molecule has 6 aliphatic rings. The average molecular weight is 545 g/mol. The summed E-state index contributed by atoms with van der Waals surface area (Å²) in [5, 5.41) is 9.82. The minimum atomic E-state index is -0.788. The summed E-state index contributed by atoms with van der Waals surface area (Å²) < 4.78 is 6.52. The third-order valence-electron chi connectivity index (χ3n) is 10.8. The van der Waals surface area contributed by atoms with E-state index < -0.39 is 6.09 Å². The molecule has 1 aliphatic carbocycles. The van der Waals surface area contributed by atoms with Crippen LogP contribution in [-0.2, 0) is 25.8 Å². The molecule has 0 unspecified atom stereocenters. The van der Waals surface area contributed by atoms with Gasteiger partial charge in [-0.25, -0.2) is 4.79 Å². The zero-order chi connectivity index (χ0) is 26.8. The van der Waals surface area contributed by atoms with Gasteiger partial charge in [0.2, 0.25) is 0 Å². The Hall–Kier alpha value is -3.07. The summed E-state index contributed by atoms with van der Waals surface area (Å²) in [5.74, 6) is 0.979. The fourth-order valence-corrected chi connectivity index (χ4v) is 8.86. The quantitative estimate of drug-likeness (QED) is 0.608. The molecule has 1 aromatic heterocycles. The van der Waals surface area contributed by atoms with Crippen molar-refractivity contribution in [3.05, 3.63) is 40.6 Å². The maximum Gasteiger partial charge on any atom is 0.407 e. The van der Waals surface area contributed by atoms with Crippen LogP contribution in [0.4, 0.5) is 16.3 Å². The van der Waals surface area contributed by atoms with Gasteiger partial charge in [-0.05, 0) is 94.5 Å². The lowest BCUT2D eigenvalue weighted by molar-refractivity contribution is 0.107. The number of anilines is 2. The van der Waals surface area contributed by atoms with Crippen molar-refractivity contribution in [3.8, 4) is 6.01 Å². The van der Waals surface area contributed by atoms with Crippen molar-refractivity contribution >= 4 is 17.6 Å². The van der Waals surface area contributed by atoms with Crippen LogP contribution in [-0.4, -0.2) is 87.9 Å². The van der Waals surface area contributed by atoms with Crippen LogP contribution in [0, 0.1) is 0 Å². The molecule has 6 heterocycles. The largest absolute Gasteiger partial charge is 0.465 e. The number of piperazine rings is 1. The minimum Gasteiger partial charge on any atom is -0.465 e. The number of carboxylic acid groups (broad SMARTS) is 1. The monoisotopic (exact) mass is 544 g/mol. The second-order valence-electron chi connectivity index (χ2n) is 12.9. The highest BCUT2D eigenvalue weighted by molar-refractivity contribution is 5.68. The van der Waals surface area contributed by atoms with E-state index >= 15 is 0 Å². The lowest BCUT2D eigenvalue weighted by Crippen LogP contribution is -2.56. The molecule has 1 N–H and O–H groups in total. The van der Waals surface area contributed by atoms with Crippen molar-refractivity contribution in [3.63, 3.8) is 0 Å². The van der Waals surface area contributed by atoms with Crippen molar-refractivity contribution in [2.45, 2.75) is 88.4 Å². The predicted octanol–water partition coefficient (Wildman–Crippen LogP) is 3.87. The van der Waals surface area contributed by atoms with Crippen molar-refractivity contribution in [2.75, 3.05) is 49.1 Å². The average Bonchev–Trinajstić information content (AvgIpc) is 3.73. The van der Waals surface area contributed by atoms with Crippen molar-refractivity contribution < 1.29 is 14.6 Å². The maximum atomic E-state index is 12.0. The Kier molecular flexibility index (Phi) is 5.87. The lowest BCUT2D eigenvalue weighted by Gasteiger charge is -2.41. The van der Waals surface area contributed by atoms with Crippen LogP contribution in [0.5, 0.6) is 6.01 Å². The zero-order valence-electron chi connectivity index (χ0n) is 23.4. The van der Waals surface area contributed by atoms with Crippen LogP contribution in [0.2, 0.25) is 0 Å². The Morgan fingerprint density at radius 1 is 0.950 bits per heavy atom. The van der Waals surface area contributed by atoms with Crippen LogP contribution >= 0.6 is 0 Å². The van der Waals surface area contributed by atoms with Crippen molar-refractivity contribution in [2.24, 2.45) is 0 Å². The molecule has 8 rings (SSSR count). The molecule has 212 valence electrons. The summed E-state index contributed by atoms with van der Waals surface area (Å²) in [6.45, 7) is 6.09. The van der Waals surface area contributed by atoms with Gasteiger partial charge in [0, 0.05) is 30.9 Å². The highest BCUT2D eigenvalue weighted by Crippen LogP contribution is 2.41. The van der Waals surface area contributed by atoms with Crippen LogP contribution < -0.4 is 14.5 Å². The standard InChI is InChI=1S/C31H40N6O3/c38-30(39)37-22-9-10-23(37)18-35(17-22)28-25-11-16-34(27-8-2-6-21-5-1-7-24(21)27)19-26(25)32-29(33-28)40-20-31-12-3-14-36(31)15-4-13-31/h2,6,8,22-23H,1,3-5,7,9-20H2,(H,38,39)/t22-,23+. The number of hydrogen-bond acceptors (Lipinski definition) is 7. The van der Waals surface area contributed by atoms with Crippen LogP contribution in [0.3, 0.4) is 0 Å². The lowest BCUT2D eigenvalue weighted by atomic mass is 9.95. The van der Waals surface area contributed by atoms with Crippen LogP contribution in [0.25, 0.3) is 0 Å². The first-order valence-corrected chi connectivity index (χ1v) is 15.5. The van der Waals surface area contributed by atoms with Gasteiger partial charge in [0.15, 0.2) is 0 Å². The summed E-state index contributed by atoms with van der Waals surface area (Å²) >= 11 is 0. The van der Waals surface area contributed by atoms with E-state index in [4.69, 9.17) is 14.7 Å². The third kappa shape index (κ3) is 3.95. The molecule has 0 saturated carbocycles. The molecule has 5 aliphatic heterocycles. The molecular formula is C31H40N6O3. The molecule has 2 atom stereocenters. The normalized spacial score (nSPS) is 26.6. The molecular weight excluding hydrogens is 504 g/mol. The maximum absolute atomic E-state index is 12.0. The number of nitrogens with zero attached hydrogens (tertiary/aromatic N) is 6. The first-order chi connectivity index (χ1) is 19.6. The van der Waals surface area contributed by atoms with E-state index in [0.717, 1.165) is 50.3 Å². The Balaban J connectivity index is 1.12. The highest BCUT2D eigenvalue weighted by Gasteiger charge is 2.46. The van der Waals surface area contributed by atoms with E-state index in [-0.39, 0.29) is 17.6 Å². The van der Waals surface area contributed by atoms with Crippen molar-refractivity contribution in [1.29, 1.82) is 0 Å². The van der Waals surface area contributed by atoms with E-state index in [0.29, 0.717) is 25.7 Å². The Bertz CT molecular complexity index is 1310. The molecule has 2 aromatic rings. The molecule has 9 nitrogen and oxygen atoms in total. The third-order valence-corrected chi connectivity index (χ3v) is 10.8. The van der Waals surface area contributed by atoms with E-state index in [1.165, 1.54) is 74.0 Å². The molecule has 0 spiro atoms. The Morgan fingerprint density at radius 3 is 2.52 bits per heavy atom. The number of fused-ring (bicyclic) bond motifs is 5. The molecule has 0 radical (unpaired) electrons. The van der Waals surface area contributed by atoms with Gasteiger partial charge in [0.05, 0.1) is 29.9 Å². The molecule has 1 amide bonds. The summed E-state index contributed by atoms with van der Waals surface area (Å²) in [7, 11) is 0. The SMILES string of the molecule is O=C(O)N1[C@@H]2CC[C@H]1CN(c1nc(OCC34CCCN3CCC4)nc3c1CCN(c1cccc4c1CCC4)C3)C2. The molecule has 2 bridgehead atoms. The van der Waals surface area contributed by atoms with E-state index in [9.17, 15) is 9.90 Å². The number of ether oxygens (including phenoxy) is 1. The minimum absolute atomic E-state index is 0.0302. The Labute approximate surface area is 236 Å². The van der Waals surface area contributed by atoms with Gasteiger partial charge >= 0.3 is 12.1 Å². The number of aryl methyl sites for hydroxylation is 1. The van der Waals surface area contributed by atoms with Gasteiger partial charge in [0.25, 0.3) is 0 Å². The van der Waals surface area contributed by atoms with Gasteiger partial charge in [0.1, 0.15) is 12.4 Å². The smallest absolute Gasteiger partial charge is 0.407 e. The second-order valence-corrected chi connectivity index (χ2v) is 12.9. The van der Waals surface area contributed by atoms with Gasteiger partial charge in [-0.2, -0.15) is 9.97 Å². The topological polar surface area (TPSA) is 85.3 Å². The molecule has 40 heavy (non-hydrogen) atoms. The molecule has 9 heteroatoms. The van der Waals surface area contributed by atoms with E-state index in [2.05, 4.69) is 32.9 Å². The summed E-state index contributed by atoms with van der Waals surface area (Å²) in [6, 6.07) is 7.34. The van der Waals surface area contributed by atoms with Gasteiger partial charge in [-0.3, -0.25) is 9.80 Å². The molecule has 4 fully saturated rings. The number of hydrogen-bond donors (Lipinski definition) is 1. The fraction of sp³-hybridized carbons (Fsp3) is 0.645. The van der Waals surface area contributed by atoms with E-state index in [1.54, 1.807) is 4.90 Å². The van der Waals surface area contributed by atoms with E-state index in [1.807, 2.05) is 0 Å². The van der Waals surface area contributed by atoms with Gasteiger partial charge in [-0.15, -0.1) is 0 Å². The van der Waals surface area contributed by atoms with Gasteiger partial charge in [-0.1, -0.05) is 12.1 Å². The summed E-state index contributed by atoms with van der Waals surface area (Å²) in [5.41, 5.74) is 6.81. The van der Waals surface area contributed by atoms with Gasteiger partial charge < -0.3 is 19.6 Å². The fourth-order valence-electron chi connectivity index (χ4n) is 8.86. The van der Waals surface area contributed by atoms with Crippen LogP contribution in [0.1, 0.15) is 67.3 Å². The zero-order valence-corrected chi connectivity index (χ0v) is 23.4. The number of aromatic nitrogens is 2. The second kappa shape index (κ2) is 9.50. The van der Waals surface area contributed by atoms with Crippen molar-refractivity contribution in [1.82, 2.24) is 19.8 Å².